The van der Waals surface area contributed by atoms with Crippen molar-refractivity contribution >= 4 is 11.9 Å². The number of esters is 1. The summed E-state index contributed by atoms with van der Waals surface area (Å²) in [5, 5.41) is 9.83. The monoisotopic (exact) mass is 475 g/mol. The Morgan fingerprint density at radius 3 is 2.46 bits per heavy atom. The maximum Gasteiger partial charge on any atom is 0.337 e. The largest absolute Gasteiger partial charge is 0.465 e. The molecule has 1 aromatic heterocycles. The van der Waals surface area contributed by atoms with Crippen LogP contribution in [-0.4, -0.2) is 35.7 Å². The first-order chi connectivity index (χ1) is 17.0. The van der Waals surface area contributed by atoms with Gasteiger partial charge in [-0.25, -0.2) is 13.6 Å². The Morgan fingerprint density at radius 1 is 1.00 bits per heavy atom. The van der Waals surface area contributed by atoms with Crippen LogP contribution in [0.1, 0.15) is 32.7 Å². The molecule has 0 aliphatic carbocycles. The molecule has 4 rings (SSSR count). The van der Waals surface area contributed by atoms with Gasteiger partial charge in [-0.3, -0.25) is 9.89 Å². The summed E-state index contributed by atoms with van der Waals surface area (Å²) in [6.45, 7) is 0.384. The van der Waals surface area contributed by atoms with Crippen LogP contribution in [0.25, 0.3) is 22.5 Å². The van der Waals surface area contributed by atoms with Crippen molar-refractivity contribution in [3.63, 3.8) is 0 Å². The number of ether oxygens (including phenoxy) is 1. The van der Waals surface area contributed by atoms with Crippen LogP contribution in [0.3, 0.4) is 0 Å². The maximum atomic E-state index is 14.8. The smallest absolute Gasteiger partial charge is 0.337 e. The van der Waals surface area contributed by atoms with Gasteiger partial charge < -0.3 is 10.1 Å². The van der Waals surface area contributed by atoms with Gasteiger partial charge in [-0.1, -0.05) is 18.2 Å². The van der Waals surface area contributed by atoms with Crippen molar-refractivity contribution in [3.8, 4) is 22.5 Å². The zero-order valence-electron chi connectivity index (χ0n) is 19.0. The fourth-order valence-corrected chi connectivity index (χ4v) is 3.72. The number of hydrogen-bond donors (Lipinski definition) is 2. The van der Waals surface area contributed by atoms with E-state index < -0.39 is 17.7 Å². The van der Waals surface area contributed by atoms with Gasteiger partial charge in [-0.2, -0.15) is 5.10 Å². The number of nitrogens with one attached hydrogen (secondary N) is 2. The second-order valence-electron chi connectivity index (χ2n) is 7.88. The lowest BCUT2D eigenvalue weighted by molar-refractivity contribution is 0.0600. The molecule has 1 heterocycles. The molecule has 2 N–H and O–H groups in total. The molecule has 4 aromatic rings. The van der Waals surface area contributed by atoms with Crippen molar-refractivity contribution in [2.24, 2.45) is 0 Å². The third kappa shape index (κ3) is 5.60. The molecule has 0 fully saturated rings. The molecule has 6 nitrogen and oxygen atoms in total. The van der Waals surface area contributed by atoms with Gasteiger partial charge in [0.2, 0.25) is 0 Å². The number of amides is 1. The lowest BCUT2D eigenvalue weighted by Crippen LogP contribution is -2.25. The van der Waals surface area contributed by atoms with E-state index >= 15 is 0 Å². The highest BCUT2D eigenvalue weighted by Gasteiger charge is 2.19. The molecule has 8 heteroatoms. The highest BCUT2D eigenvalue weighted by Crippen LogP contribution is 2.29. The molecule has 0 aliphatic rings. The first kappa shape index (κ1) is 23.8. The Morgan fingerprint density at radius 2 is 1.74 bits per heavy atom. The Kier molecular flexibility index (Phi) is 7.30. The molecule has 3 aromatic carbocycles. The number of aromatic nitrogens is 2. The van der Waals surface area contributed by atoms with Gasteiger partial charge >= 0.3 is 5.97 Å². The SMILES string of the molecule is COC(=O)c1ccc(CCCNC(=O)c2cccc(F)c2-c2cc(-c3ccc(F)cc3)[nH]n2)cc1. The van der Waals surface area contributed by atoms with Crippen molar-refractivity contribution in [1.29, 1.82) is 0 Å². The first-order valence-corrected chi connectivity index (χ1v) is 11.0. The minimum Gasteiger partial charge on any atom is -0.465 e. The van der Waals surface area contributed by atoms with Gasteiger partial charge in [0.25, 0.3) is 5.91 Å². The molecule has 0 radical (unpaired) electrons. The number of aromatic amines is 1. The molecular weight excluding hydrogens is 452 g/mol. The van der Waals surface area contributed by atoms with Crippen LogP contribution in [-0.2, 0) is 11.2 Å². The van der Waals surface area contributed by atoms with Crippen LogP contribution in [0.5, 0.6) is 0 Å². The van der Waals surface area contributed by atoms with Crippen LogP contribution in [0, 0.1) is 11.6 Å². The zero-order chi connectivity index (χ0) is 24.8. The van der Waals surface area contributed by atoms with E-state index in [4.69, 9.17) is 0 Å². The minimum atomic E-state index is -0.569. The average Bonchev–Trinajstić information content (AvgIpc) is 3.36. The van der Waals surface area contributed by atoms with Gasteiger partial charge in [-0.05, 0) is 78.6 Å². The Labute approximate surface area is 201 Å². The quantitative estimate of drug-likeness (QED) is 0.272. The highest BCUT2D eigenvalue weighted by molar-refractivity contribution is 6.00. The summed E-state index contributed by atoms with van der Waals surface area (Å²) in [6.07, 6.45) is 1.35. The lowest BCUT2D eigenvalue weighted by Gasteiger charge is -2.10. The van der Waals surface area contributed by atoms with Crippen molar-refractivity contribution in [2.75, 3.05) is 13.7 Å². The molecule has 0 saturated carbocycles. The van der Waals surface area contributed by atoms with Crippen LogP contribution < -0.4 is 5.32 Å². The molecule has 1 amide bonds. The number of H-pyrrole nitrogens is 1. The van der Waals surface area contributed by atoms with Gasteiger partial charge in [0.15, 0.2) is 0 Å². The average molecular weight is 475 g/mol. The fraction of sp³-hybridized carbons (Fsp3) is 0.148. The van der Waals surface area contributed by atoms with E-state index in [2.05, 4.69) is 20.3 Å². The number of carbonyl (C=O) groups is 2. The van der Waals surface area contributed by atoms with Crippen molar-refractivity contribution in [1.82, 2.24) is 15.5 Å². The molecule has 0 spiro atoms. The van der Waals surface area contributed by atoms with E-state index in [1.807, 2.05) is 12.1 Å². The fourth-order valence-electron chi connectivity index (χ4n) is 3.72. The number of rotatable bonds is 8. The maximum absolute atomic E-state index is 14.8. The second-order valence-corrected chi connectivity index (χ2v) is 7.88. The number of benzene rings is 3. The first-order valence-electron chi connectivity index (χ1n) is 11.0. The summed E-state index contributed by atoms with van der Waals surface area (Å²) in [4.78, 5) is 24.4. The number of halogens is 2. The van der Waals surface area contributed by atoms with E-state index in [0.29, 0.717) is 36.2 Å². The third-order valence-electron chi connectivity index (χ3n) is 5.55. The van der Waals surface area contributed by atoms with E-state index in [-0.39, 0.29) is 22.6 Å². The summed E-state index contributed by atoms with van der Waals surface area (Å²) in [7, 11) is 1.33. The van der Waals surface area contributed by atoms with E-state index in [1.165, 1.54) is 31.4 Å². The Hall–Kier alpha value is -4.33. The third-order valence-corrected chi connectivity index (χ3v) is 5.55. The van der Waals surface area contributed by atoms with Crippen LogP contribution in [0.4, 0.5) is 8.78 Å². The molecule has 35 heavy (non-hydrogen) atoms. The molecule has 0 aliphatic heterocycles. The number of hydrogen-bond acceptors (Lipinski definition) is 4. The van der Waals surface area contributed by atoms with E-state index in [9.17, 15) is 18.4 Å². The topological polar surface area (TPSA) is 84.1 Å². The van der Waals surface area contributed by atoms with E-state index in [1.54, 1.807) is 36.4 Å². The summed E-state index contributed by atoms with van der Waals surface area (Å²) < 4.78 is 32.7. The van der Waals surface area contributed by atoms with Gasteiger partial charge in [-0.15, -0.1) is 0 Å². The van der Waals surface area contributed by atoms with Crippen molar-refractivity contribution in [3.05, 3.63) is 101 Å². The van der Waals surface area contributed by atoms with Crippen molar-refractivity contribution < 1.29 is 23.1 Å². The summed E-state index contributed by atoms with van der Waals surface area (Å²) in [6, 6.07) is 18.8. The molecule has 178 valence electrons. The number of aryl methyl sites for hydroxylation is 1. The zero-order valence-corrected chi connectivity index (χ0v) is 19.0. The minimum absolute atomic E-state index is 0.0908. The second kappa shape index (κ2) is 10.7. The van der Waals surface area contributed by atoms with Gasteiger partial charge in [0.1, 0.15) is 11.6 Å². The summed E-state index contributed by atoms with van der Waals surface area (Å²) >= 11 is 0. The van der Waals surface area contributed by atoms with E-state index in [0.717, 1.165) is 5.56 Å². The normalized spacial score (nSPS) is 10.7. The predicted molar refractivity (Wildman–Crippen MR) is 128 cm³/mol. The Balaban J connectivity index is 1.42. The molecule has 0 bridgehead atoms. The lowest BCUT2D eigenvalue weighted by atomic mass is 10.0. The van der Waals surface area contributed by atoms with Crippen LogP contribution >= 0.6 is 0 Å². The molecule has 0 saturated heterocycles. The molecular formula is C27H23F2N3O3. The number of methoxy groups -OCH3 is 1. The number of nitrogens with zero attached hydrogens (tertiary/aromatic N) is 1. The summed E-state index contributed by atoms with van der Waals surface area (Å²) in [5.41, 5.74) is 3.29. The van der Waals surface area contributed by atoms with Crippen LogP contribution in [0.2, 0.25) is 0 Å². The predicted octanol–water partition coefficient (Wildman–Crippen LogP) is 5.17. The van der Waals surface area contributed by atoms with Crippen molar-refractivity contribution in [2.45, 2.75) is 12.8 Å². The van der Waals surface area contributed by atoms with Gasteiger partial charge in [0, 0.05) is 6.54 Å². The summed E-state index contributed by atoms with van der Waals surface area (Å²) in [5.74, 6) is -1.73. The van der Waals surface area contributed by atoms with Gasteiger partial charge in [0.05, 0.1) is 35.2 Å². The number of carbonyl (C=O) groups excluding carboxylic acids is 2. The highest BCUT2D eigenvalue weighted by atomic mass is 19.1. The van der Waals surface area contributed by atoms with Crippen LogP contribution in [0.15, 0.2) is 72.8 Å². The standard InChI is InChI=1S/C27H23F2N3O3/c1-35-27(34)19-9-7-17(8-10-19)4-3-15-30-26(33)21-5-2-6-22(29)25(21)24-16-23(31-32-24)18-11-13-20(28)14-12-18/h2,5-14,16H,3-4,15H2,1H3,(H,30,33)(H,31,32). The molecule has 0 unspecified atom stereocenters. The molecule has 0 atom stereocenters. The Bertz CT molecular complexity index is 1330.